The molecule has 134 valence electrons. The highest BCUT2D eigenvalue weighted by molar-refractivity contribution is 6.39. The molecule has 4 rings (SSSR count). The van der Waals surface area contributed by atoms with Crippen LogP contribution in [0.15, 0.2) is 36.8 Å². The number of hydrogen-bond donors (Lipinski definition) is 1. The number of ether oxygens (including phenoxy) is 2. The number of aromatic nitrogens is 2. The first-order chi connectivity index (χ1) is 12.7. The Kier molecular flexibility index (Phi) is 4.74. The monoisotopic (exact) mass is 389 g/mol. The van der Waals surface area contributed by atoms with Crippen LogP contribution in [0.5, 0.6) is 11.5 Å². The van der Waals surface area contributed by atoms with E-state index in [4.69, 9.17) is 32.7 Å². The molecule has 0 spiro atoms. The van der Waals surface area contributed by atoms with Gasteiger partial charge >= 0.3 is 0 Å². The molecule has 0 amide bonds. The zero-order valence-corrected chi connectivity index (χ0v) is 15.6. The van der Waals surface area contributed by atoms with Crippen LogP contribution in [0, 0.1) is 5.92 Å². The number of hydrogen-bond acceptors (Lipinski definition) is 5. The maximum atomic E-state index is 6.23. The molecule has 0 aliphatic heterocycles. The maximum absolute atomic E-state index is 6.23. The molecule has 1 N–H and O–H groups in total. The molecular formula is C19H17Cl2N3O2. The van der Waals surface area contributed by atoms with Gasteiger partial charge < -0.3 is 14.8 Å². The molecule has 0 radical (unpaired) electrons. The summed E-state index contributed by atoms with van der Waals surface area (Å²) in [4.78, 5) is 8.49. The van der Waals surface area contributed by atoms with Crippen LogP contribution in [-0.4, -0.2) is 23.7 Å². The van der Waals surface area contributed by atoms with E-state index in [2.05, 4.69) is 15.3 Å². The summed E-state index contributed by atoms with van der Waals surface area (Å²) < 4.78 is 11.5. The molecule has 5 nitrogen and oxygen atoms in total. The van der Waals surface area contributed by atoms with Crippen molar-refractivity contribution < 1.29 is 9.47 Å². The highest BCUT2D eigenvalue weighted by Crippen LogP contribution is 2.40. The van der Waals surface area contributed by atoms with Crippen molar-refractivity contribution in [2.75, 3.05) is 19.0 Å². The summed E-state index contributed by atoms with van der Waals surface area (Å²) in [6.07, 6.45) is 7.24. The molecule has 1 fully saturated rings. The number of benzene rings is 1. The SMILES string of the molecule is COc1ccc2c(Nc3c(Cl)cncc3Cl)ccnc2c1OCC1CC1. The zero-order chi connectivity index (χ0) is 18.1. The van der Waals surface area contributed by atoms with E-state index in [1.54, 1.807) is 25.7 Å². The van der Waals surface area contributed by atoms with Crippen LogP contribution in [0.1, 0.15) is 12.8 Å². The quantitative estimate of drug-likeness (QED) is 0.604. The van der Waals surface area contributed by atoms with Crippen molar-refractivity contribution in [2.24, 2.45) is 5.92 Å². The number of fused-ring (bicyclic) bond motifs is 1. The van der Waals surface area contributed by atoms with Crippen LogP contribution < -0.4 is 14.8 Å². The minimum atomic E-state index is 0.446. The van der Waals surface area contributed by atoms with Gasteiger partial charge in [0.25, 0.3) is 0 Å². The topological polar surface area (TPSA) is 56.3 Å². The normalized spacial score (nSPS) is 13.7. The van der Waals surface area contributed by atoms with E-state index in [1.807, 2.05) is 18.2 Å². The molecule has 0 bridgehead atoms. The van der Waals surface area contributed by atoms with E-state index >= 15 is 0 Å². The fourth-order valence-electron chi connectivity index (χ4n) is 2.73. The third kappa shape index (κ3) is 3.37. The molecule has 1 aliphatic rings. The molecule has 0 atom stereocenters. The summed E-state index contributed by atoms with van der Waals surface area (Å²) in [6, 6.07) is 5.69. The van der Waals surface area contributed by atoms with Crippen LogP contribution in [0.4, 0.5) is 11.4 Å². The maximum Gasteiger partial charge on any atom is 0.187 e. The van der Waals surface area contributed by atoms with Gasteiger partial charge in [-0.05, 0) is 37.0 Å². The van der Waals surface area contributed by atoms with Crippen molar-refractivity contribution in [3.05, 3.63) is 46.8 Å². The van der Waals surface area contributed by atoms with Crippen LogP contribution in [0.2, 0.25) is 10.0 Å². The Morgan fingerprint density at radius 2 is 1.92 bits per heavy atom. The summed E-state index contributed by atoms with van der Waals surface area (Å²) in [5.41, 5.74) is 2.16. The van der Waals surface area contributed by atoms with Gasteiger partial charge in [0.1, 0.15) is 5.52 Å². The van der Waals surface area contributed by atoms with Gasteiger partial charge in [-0.15, -0.1) is 0 Å². The number of methoxy groups -OCH3 is 1. The molecule has 0 unspecified atom stereocenters. The third-order valence-corrected chi connectivity index (χ3v) is 4.90. The van der Waals surface area contributed by atoms with E-state index in [-0.39, 0.29) is 0 Å². The molecule has 2 heterocycles. The smallest absolute Gasteiger partial charge is 0.187 e. The van der Waals surface area contributed by atoms with Gasteiger partial charge in [-0.25, -0.2) is 0 Å². The minimum Gasteiger partial charge on any atom is -0.493 e. The summed E-state index contributed by atoms with van der Waals surface area (Å²) >= 11 is 12.5. The second-order valence-corrected chi connectivity index (χ2v) is 7.02. The van der Waals surface area contributed by atoms with Crippen molar-refractivity contribution >= 4 is 45.5 Å². The predicted molar refractivity (Wildman–Crippen MR) is 104 cm³/mol. The van der Waals surface area contributed by atoms with Crippen LogP contribution >= 0.6 is 23.2 Å². The fourth-order valence-corrected chi connectivity index (χ4v) is 3.19. The van der Waals surface area contributed by atoms with Gasteiger partial charge in [-0.3, -0.25) is 9.97 Å². The molecule has 26 heavy (non-hydrogen) atoms. The molecule has 2 aromatic heterocycles. The Balaban J connectivity index is 1.77. The minimum absolute atomic E-state index is 0.446. The highest BCUT2D eigenvalue weighted by Gasteiger charge is 2.24. The lowest BCUT2D eigenvalue weighted by molar-refractivity contribution is 0.283. The van der Waals surface area contributed by atoms with Gasteiger partial charge in [0.05, 0.1) is 29.4 Å². The first-order valence-corrected chi connectivity index (χ1v) is 9.07. The van der Waals surface area contributed by atoms with E-state index in [0.717, 1.165) is 16.6 Å². The average Bonchev–Trinajstić information content (AvgIpc) is 3.47. The Hall–Kier alpha value is -2.24. The second kappa shape index (κ2) is 7.17. The van der Waals surface area contributed by atoms with Gasteiger partial charge in [0, 0.05) is 29.7 Å². The number of rotatable bonds is 6. The summed E-state index contributed by atoms with van der Waals surface area (Å²) in [6.45, 7) is 0.677. The van der Waals surface area contributed by atoms with E-state index in [9.17, 15) is 0 Å². The molecular weight excluding hydrogens is 373 g/mol. The summed E-state index contributed by atoms with van der Waals surface area (Å²) in [5.74, 6) is 1.96. The highest BCUT2D eigenvalue weighted by atomic mass is 35.5. The van der Waals surface area contributed by atoms with Crippen LogP contribution in [-0.2, 0) is 0 Å². The van der Waals surface area contributed by atoms with Crippen LogP contribution in [0.25, 0.3) is 10.9 Å². The van der Waals surface area contributed by atoms with Crippen molar-refractivity contribution in [3.63, 3.8) is 0 Å². The number of halogens is 2. The van der Waals surface area contributed by atoms with Crippen LogP contribution in [0.3, 0.4) is 0 Å². The number of anilines is 2. The Bertz CT molecular complexity index is 941. The largest absolute Gasteiger partial charge is 0.493 e. The van der Waals surface area contributed by atoms with Crippen molar-refractivity contribution in [2.45, 2.75) is 12.8 Å². The van der Waals surface area contributed by atoms with Crippen molar-refractivity contribution in [1.82, 2.24) is 9.97 Å². The standard InChI is InChI=1S/C19H17Cl2N3O2/c1-25-16-5-4-12-15(24-18-13(20)8-22-9-14(18)21)6-7-23-17(12)19(16)26-10-11-2-3-11/h4-9,11H,2-3,10H2,1H3,(H,22,23,24). The Morgan fingerprint density at radius 1 is 1.15 bits per heavy atom. The first kappa shape index (κ1) is 17.2. The second-order valence-electron chi connectivity index (χ2n) is 6.21. The van der Waals surface area contributed by atoms with E-state index in [1.165, 1.54) is 12.8 Å². The predicted octanol–water partition coefficient (Wildman–Crippen LogP) is 5.48. The molecule has 0 saturated heterocycles. The van der Waals surface area contributed by atoms with Gasteiger partial charge in [0.15, 0.2) is 11.5 Å². The lowest BCUT2D eigenvalue weighted by Gasteiger charge is -2.16. The average molecular weight is 390 g/mol. The van der Waals surface area contributed by atoms with E-state index in [0.29, 0.717) is 39.8 Å². The lowest BCUT2D eigenvalue weighted by atomic mass is 10.1. The molecule has 1 aromatic carbocycles. The van der Waals surface area contributed by atoms with Gasteiger partial charge in [-0.1, -0.05) is 23.2 Å². The van der Waals surface area contributed by atoms with Crippen molar-refractivity contribution in [1.29, 1.82) is 0 Å². The fraction of sp³-hybridized carbons (Fsp3) is 0.263. The molecule has 1 saturated carbocycles. The molecule has 1 aliphatic carbocycles. The van der Waals surface area contributed by atoms with E-state index < -0.39 is 0 Å². The lowest BCUT2D eigenvalue weighted by Crippen LogP contribution is -2.03. The summed E-state index contributed by atoms with van der Waals surface area (Å²) in [5, 5.41) is 5.07. The zero-order valence-electron chi connectivity index (χ0n) is 14.1. The van der Waals surface area contributed by atoms with Gasteiger partial charge in [0.2, 0.25) is 0 Å². The summed E-state index contributed by atoms with van der Waals surface area (Å²) in [7, 11) is 1.63. The number of nitrogens with zero attached hydrogens (tertiary/aromatic N) is 2. The molecule has 7 heteroatoms. The van der Waals surface area contributed by atoms with Gasteiger partial charge in [-0.2, -0.15) is 0 Å². The number of nitrogens with one attached hydrogen (secondary N) is 1. The number of pyridine rings is 2. The Morgan fingerprint density at radius 3 is 2.62 bits per heavy atom. The van der Waals surface area contributed by atoms with Crippen molar-refractivity contribution in [3.8, 4) is 11.5 Å². The Labute approximate surface area is 161 Å². The third-order valence-electron chi connectivity index (χ3n) is 4.32. The first-order valence-electron chi connectivity index (χ1n) is 8.32. The molecule has 3 aromatic rings.